The van der Waals surface area contributed by atoms with E-state index in [1.165, 1.54) is 0 Å². The predicted octanol–water partition coefficient (Wildman–Crippen LogP) is 3.38. The van der Waals surface area contributed by atoms with E-state index in [1.807, 2.05) is 59.3 Å². The van der Waals surface area contributed by atoms with Gasteiger partial charge < -0.3 is 10.2 Å². The van der Waals surface area contributed by atoms with Gasteiger partial charge in [0, 0.05) is 31.9 Å². The molecule has 0 unspecified atom stereocenters. The van der Waals surface area contributed by atoms with E-state index >= 15 is 0 Å². The number of carbonyl (C=O) groups is 1. The monoisotopic (exact) mass is 456 g/mol. The lowest BCUT2D eigenvalue weighted by molar-refractivity contribution is -0.121. The molecule has 1 fully saturated rings. The van der Waals surface area contributed by atoms with Gasteiger partial charge in [0.15, 0.2) is 0 Å². The Morgan fingerprint density at radius 2 is 1.76 bits per heavy atom. The number of anilines is 1. The van der Waals surface area contributed by atoms with Crippen molar-refractivity contribution in [3.05, 3.63) is 77.6 Å². The molecule has 1 amide bonds. The third-order valence-corrected chi connectivity index (χ3v) is 6.03. The van der Waals surface area contributed by atoms with Crippen LogP contribution in [0.5, 0.6) is 0 Å². The van der Waals surface area contributed by atoms with Gasteiger partial charge in [0.1, 0.15) is 6.07 Å². The normalized spacial score (nSPS) is 14.2. The van der Waals surface area contributed by atoms with Crippen molar-refractivity contribution in [3.8, 4) is 11.8 Å². The van der Waals surface area contributed by atoms with Crippen molar-refractivity contribution >= 4 is 11.6 Å². The van der Waals surface area contributed by atoms with E-state index in [2.05, 4.69) is 41.1 Å². The lowest BCUT2D eigenvalue weighted by atomic mass is 10.1. The molecule has 3 aromatic rings. The van der Waals surface area contributed by atoms with Gasteiger partial charge in [-0.05, 0) is 42.7 Å². The molecular weight excluding hydrogens is 424 g/mol. The Kier molecular flexibility index (Phi) is 7.61. The van der Waals surface area contributed by atoms with Crippen LogP contribution >= 0.6 is 0 Å². The maximum absolute atomic E-state index is 12.7. The molecule has 0 spiro atoms. The predicted molar refractivity (Wildman–Crippen MR) is 134 cm³/mol. The van der Waals surface area contributed by atoms with Gasteiger partial charge in [-0.25, -0.2) is 4.68 Å². The molecule has 7 heteroatoms. The van der Waals surface area contributed by atoms with Gasteiger partial charge in [-0.3, -0.25) is 9.69 Å². The van der Waals surface area contributed by atoms with Crippen LogP contribution in [0.1, 0.15) is 30.8 Å². The molecule has 0 bridgehead atoms. The van der Waals surface area contributed by atoms with E-state index in [4.69, 9.17) is 5.10 Å². The summed E-state index contributed by atoms with van der Waals surface area (Å²) < 4.78 is 1.96. The summed E-state index contributed by atoms with van der Waals surface area (Å²) in [6.07, 6.45) is 1.17. The highest BCUT2D eigenvalue weighted by Gasteiger charge is 2.20. The van der Waals surface area contributed by atoms with Crippen molar-refractivity contribution in [2.75, 3.05) is 37.7 Å². The van der Waals surface area contributed by atoms with Gasteiger partial charge >= 0.3 is 0 Å². The molecule has 1 saturated heterocycles. The summed E-state index contributed by atoms with van der Waals surface area (Å²) in [6.45, 7) is 8.22. The Balaban J connectivity index is 1.31. The van der Waals surface area contributed by atoms with Crippen LogP contribution in [-0.2, 0) is 17.6 Å². The second kappa shape index (κ2) is 11.0. The molecule has 1 aliphatic heterocycles. The molecule has 2 aromatic carbocycles. The SMILES string of the molecule is CC(C)Cc1cc(CC(=O)NCN2CCN(c3ccccc3C#N)CC2)nn1-c1ccccc1. The topological polar surface area (TPSA) is 77.2 Å². The van der Waals surface area contributed by atoms with Gasteiger partial charge in [-0.15, -0.1) is 0 Å². The third kappa shape index (κ3) is 5.83. The summed E-state index contributed by atoms with van der Waals surface area (Å²) in [7, 11) is 0. The van der Waals surface area contributed by atoms with E-state index in [0.717, 1.165) is 55.4 Å². The second-order valence-electron chi connectivity index (χ2n) is 9.14. The third-order valence-electron chi connectivity index (χ3n) is 6.03. The van der Waals surface area contributed by atoms with Crippen LogP contribution in [0.3, 0.4) is 0 Å². The highest BCUT2D eigenvalue weighted by molar-refractivity contribution is 5.78. The first-order chi connectivity index (χ1) is 16.5. The minimum atomic E-state index is -0.0222. The summed E-state index contributed by atoms with van der Waals surface area (Å²) in [6, 6.07) is 22.1. The quantitative estimate of drug-likeness (QED) is 0.562. The van der Waals surface area contributed by atoms with E-state index in [0.29, 0.717) is 18.2 Å². The zero-order chi connectivity index (χ0) is 23.9. The molecule has 4 rings (SSSR count). The molecule has 1 aromatic heterocycles. The maximum atomic E-state index is 12.7. The number of carbonyl (C=O) groups excluding carboxylic acids is 1. The number of amides is 1. The lowest BCUT2D eigenvalue weighted by Gasteiger charge is -2.36. The summed E-state index contributed by atoms with van der Waals surface area (Å²) in [5, 5.41) is 17.1. The number of nitrogens with zero attached hydrogens (tertiary/aromatic N) is 5. The van der Waals surface area contributed by atoms with Crippen LogP contribution in [0, 0.1) is 17.2 Å². The number of piperazine rings is 1. The largest absolute Gasteiger partial charge is 0.368 e. The van der Waals surface area contributed by atoms with Crippen LogP contribution in [-0.4, -0.2) is 53.4 Å². The van der Waals surface area contributed by atoms with Gasteiger partial charge in [0.25, 0.3) is 0 Å². The van der Waals surface area contributed by atoms with Crippen LogP contribution in [0.25, 0.3) is 5.69 Å². The number of benzene rings is 2. The smallest absolute Gasteiger partial charge is 0.227 e. The molecule has 2 heterocycles. The summed E-state index contributed by atoms with van der Waals surface area (Å²) in [5.74, 6) is 0.477. The zero-order valence-corrected chi connectivity index (χ0v) is 19.9. The molecule has 1 N–H and O–H groups in total. The Hall–Kier alpha value is -3.63. The van der Waals surface area contributed by atoms with Crippen LogP contribution < -0.4 is 10.2 Å². The molecule has 176 valence electrons. The first-order valence-corrected chi connectivity index (χ1v) is 11.9. The van der Waals surface area contributed by atoms with Crippen LogP contribution in [0.2, 0.25) is 0 Å². The van der Waals surface area contributed by atoms with Crippen molar-refractivity contribution in [1.82, 2.24) is 20.0 Å². The van der Waals surface area contributed by atoms with Crippen molar-refractivity contribution in [1.29, 1.82) is 5.26 Å². The fourth-order valence-corrected chi connectivity index (χ4v) is 4.34. The number of hydrogen-bond acceptors (Lipinski definition) is 5. The summed E-state index contributed by atoms with van der Waals surface area (Å²) >= 11 is 0. The van der Waals surface area contributed by atoms with Gasteiger partial charge in [-0.1, -0.05) is 44.2 Å². The highest BCUT2D eigenvalue weighted by atomic mass is 16.1. The Morgan fingerprint density at radius 3 is 2.47 bits per heavy atom. The molecule has 0 atom stereocenters. The van der Waals surface area contributed by atoms with Gasteiger partial charge in [0.05, 0.1) is 35.7 Å². The van der Waals surface area contributed by atoms with Gasteiger partial charge in [0.2, 0.25) is 5.91 Å². The fraction of sp³-hybridized carbons (Fsp3) is 0.370. The lowest BCUT2D eigenvalue weighted by Crippen LogP contribution is -2.50. The van der Waals surface area contributed by atoms with Crippen LogP contribution in [0.15, 0.2) is 60.7 Å². The van der Waals surface area contributed by atoms with E-state index in [1.54, 1.807) is 0 Å². The average molecular weight is 457 g/mol. The minimum absolute atomic E-state index is 0.0222. The molecule has 1 aliphatic rings. The number of nitrogens with one attached hydrogen (secondary N) is 1. The minimum Gasteiger partial charge on any atom is -0.368 e. The van der Waals surface area contributed by atoms with E-state index in [9.17, 15) is 10.1 Å². The molecule has 34 heavy (non-hydrogen) atoms. The van der Waals surface area contributed by atoms with Gasteiger partial charge in [-0.2, -0.15) is 10.4 Å². The van der Waals surface area contributed by atoms with Crippen molar-refractivity contribution in [2.45, 2.75) is 26.7 Å². The van der Waals surface area contributed by atoms with Crippen molar-refractivity contribution < 1.29 is 4.79 Å². The van der Waals surface area contributed by atoms with E-state index < -0.39 is 0 Å². The first-order valence-electron chi connectivity index (χ1n) is 11.9. The van der Waals surface area contributed by atoms with E-state index in [-0.39, 0.29) is 12.3 Å². The first kappa shape index (κ1) is 23.5. The number of para-hydroxylation sites is 2. The average Bonchev–Trinajstić information content (AvgIpc) is 3.24. The standard InChI is InChI=1S/C27H32N6O/c1-21(2)16-25-17-23(30-33(25)24-9-4-3-5-10-24)18-27(34)29-20-31-12-14-32(15-13-31)26-11-7-6-8-22(26)19-28/h3-11,17,21H,12-16,18,20H2,1-2H3,(H,29,34). The van der Waals surface area contributed by atoms with Crippen molar-refractivity contribution in [3.63, 3.8) is 0 Å². The van der Waals surface area contributed by atoms with Crippen molar-refractivity contribution in [2.24, 2.45) is 5.92 Å². The molecule has 0 aliphatic carbocycles. The molecule has 7 nitrogen and oxygen atoms in total. The summed E-state index contributed by atoms with van der Waals surface area (Å²) in [5.41, 5.74) is 4.62. The Morgan fingerprint density at radius 1 is 1.06 bits per heavy atom. The fourth-order valence-electron chi connectivity index (χ4n) is 4.34. The molecular formula is C27H32N6O. The molecule has 0 radical (unpaired) electrons. The zero-order valence-electron chi connectivity index (χ0n) is 19.9. The second-order valence-corrected chi connectivity index (χ2v) is 9.14. The highest BCUT2D eigenvalue weighted by Crippen LogP contribution is 2.21. The molecule has 0 saturated carbocycles. The maximum Gasteiger partial charge on any atom is 0.227 e. The Labute approximate surface area is 201 Å². The summed E-state index contributed by atoms with van der Waals surface area (Å²) in [4.78, 5) is 17.1. The number of nitriles is 1. The van der Waals surface area contributed by atoms with Crippen LogP contribution in [0.4, 0.5) is 5.69 Å². The Bertz CT molecular complexity index is 1140. The number of aromatic nitrogens is 2. The number of hydrogen-bond donors (Lipinski definition) is 1. The number of rotatable bonds is 8.